The van der Waals surface area contributed by atoms with Gasteiger partial charge in [0.1, 0.15) is 5.76 Å². The third-order valence-corrected chi connectivity index (χ3v) is 2.18. The number of likely N-dealkylation sites (N-methyl/N-ethyl adjacent to an activating group) is 1. The summed E-state index contributed by atoms with van der Waals surface area (Å²) >= 11 is 0. The van der Waals surface area contributed by atoms with Gasteiger partial charge >= 0.3 is 12.3 Å². The van der Waals surface area contributed by atoms with E-state index in [1.807, 2.05) is 0 Å². The first-order chi connectivity index (χ1) is 9.14. The number of rotatable bonds is 5. The van der Waals surface area contributed by atoms with Crippen LogP contribution in [0.2, 0.25) is 0 Å². The van der Waals surface area contributed by atoms with E-state index in [1.54, 1.807) is 6.92 Å². The summed E-state index contributed by atoms with van der Waals surface area (Å²) < 4.78 is 54.2. The summed E-state index contributed by atoms with van der Waals surface area (Å²) in [6.07, 6.45) is -4.14. The number of amides is 2. The van der Waals surface area contributed by atoms with Gasteiger partial charge in [0.15, 0.2) is 5.82 Å². The minimum absolute atomic E-state index is 0.0222. The van der Waals surface area contributed by atoms with E-state index in [1.165, 1.54) is 6.07 Å². The first kappa shape index (κ1) is 15.9. The molecule has 1 N–H and O–H groups in total. The summed E-state index contributed by atoms with van der Waals surface area (Å²) in [5, 5.41) is 5.57. The molecular formula is C10H11F4N3O3. The molecule has 0 bridgehead atoms. The molecule has 112 valence electrons. The molecule has 2 amide bonds. The molecule has 0 aliphatic rings. The lowest BCUT2D eigenvalue weighted by molar-refractivity contribution is -0.179. The van der Waals surface area contributed by atoms with E-state index >= 15 is 0 Å². The maximum absolute atomic E-state index is 12.8. The molecule has 10 heteroatoms. The zero-order chi connectivity index (χ0) is 15.5. The van der Waals surface area contributed by atoms with Crippen molar-refractivity contribution in [2.45, 2.75) is 19.3 Å². The number of nitrogens with one attached hydrogen (secondary N) is 1. The number of anilines is 1. The largest absolute Gasteiger partial charge is 0.383 e. The summed E-state index contributed by atoms with van der Waals surface area (Å²) in [4.78, 5) is 22.7. The third-order valence-electron chi connectivity index (χ3n) is 2.18. The van der Waals surface area contributed by atoms with Crippen molar-refractivity contribution in [1.29, 1.82) is 0 Å². The molecule has 1 heterocycles. The molecule has 0 aliphatic heterocycles. The van der Waals surface area contributed by atoms with E-state index in [4.69, 9.17) is 0 Å². The molecule has 0 spiro atoms. The van der Waals surface area contributed by atoms with Gasteiger partial charge in [0, 0.05) is 13.1 Å². The monoisotopic (exact) mass is 297 g/mol. The molecule has 0 atom stereocenters. The van der Waals surface area contributed by atoms with Gasteiger partial charge in [-0.2, -0.15) is 8.78 Å². The van der Waals surface area contributed by atoms with Crippen molar-refractivity contribution in [1.82, 2.24) is 10.1 Å². The van der Waals surface area contributed by atoms with E-state index in [0.29, 0.717) is 5.76 Å². The highest BCUT2D eigenvalue weighted by Crippen LogP contribution is 2.24. The lowest BCUT2D eigenvalue weighted by Gasteiger charge is -2.21. The average molecular weight is 297 g/mol. The van der Waals surface area contributed by atoms with Crippen molar-refractivity contribution in [3.05, 3.63) is 11.8 Å². The summed E-state index contributed by atoms with van der Waals surface area (Å²) in [5.41, 5.74) is 0. The van der Waals surface area contributed by atoms with Crippen LogP contribution in [0.3, 0.4) is 0 Å². The van der Waals surface area contributed by atoms with Crippen LogP contribution in [-0.2, 0) is 9.59 Å². The zero-order valence-electron chi connectivity index (χ0n) is 10.5. The topological polar surface area (TPSA) is 75.4 Å². The van der Waals surface area contributed by atoms with Gasteiger partial charge in [-0.15, -0.1) is 0 Å². The summed E-state index contributed by atoms with van der Waals surface area (Å²) in [5.74, 6) is -7.43. The van der Waals surface area contributed by atoms with Crippen LogP contribution in [-0.4, -0.2) is 47.8 Å². The first-order valence-electron chi connectivity index (χ1n) is 5.29. The fourth-order valence-corrected chi connectivity index (χ4v) is 1.24. The second kappa shape index (κ2) is 5.88. The van der Waals surface area contributed by atoms with Crippen molar-refractivity contribution in [3.63, 3.8) is 0 Å². The minimum atomic E-state index is -4.83. The normalized spacial score (nSPS) is 11.6. The van der Waals surface area contributed by atoms with Crippen LogP contribution < -0.4 is 5.32 Å². The Balaban J connectivity index is 2.59. The number of aryl methyl sites for hydroxylation is 1. The predicted octanol–water partition coefficient (Wildman–Crippen LogP) is 1.28. The lowest BCUT2D eigenvalue weighted by Crippen LogP contribution is -2.48. The molecule has 0 radical (unpaired) electrons. The van der Waals surface area contributed by atoms with Gasteiger partial charge < -0.3 is 14.7 Å². The Kier molecular flexibility index (Phi) is 4.69. The van der Waals surface area contributed by atoms with Crippen molar-refractivity contribution in [2.24, 2.45) is 0 Å². The zero-order valence-corrected chi connectivity index (χ0v) is 10.5. The van der Waals surface area contributed by atoms with Crippen LogP contribution >= 0.6 is 0 Å². The quantitative estimate of drug-likeness (QED) is 0.831. The molecule has 0 aromatic carbocycles. The van der Waals surface area contributed by atoms with Crippen molar-refractivity contribution in [3.8, 4) is 0 Å². The van der Waals surface area contributed by atoms with Crippen LogP contribution in [0.4, 0.5) is 23.4 Å². The van der Waals surface area contributed by atoms with Crippen LogP contribution in [0.1, 0.15) is 5.76 Å². The number of halogens is 4. The molecule has 6 nitrogen and oxygen atoms in total. The van der Waals surface area contributed by atoms with Gasteiger partial charge in [0.2, 0.25) is 5.91 Å². The van der Waals surface area contributed by atoms with E-state index in [0.717, 1.165) is 7.05 Å². The van der Waals surface area contributed by atoms with Crippen LogP contribution in [0.25, 0.3) is 0 Å². The minimum Gasteiger partial charge on any atom is -0.360 e. The Hall–Kier alpha value is -2.13. The standard InChI is InChI=1S/C10H11F4N3O3/c1-5-3-6(16-20-5)15-7(18)4-17(2)9(19)10(13,14)8(11)12/h3,8H,4H2,1-2H3,(H,15,16,18). The molecule has 20 heavy (non-hydrogen) atoms. The number of hydrogen-bond donors (Lipinski definition) is 1. The van der Waals surface area contributed by atoms with Gasteiger partial charge in [0.25, 0.3) is 5.91 Å². The lowest BCUT2D eigenvalue weighted by atomic mass is 10.3. The van der Waals surface area contributed by atoms with Gasteiger partial charge in [0.05, 0.1) is 6.54 Å². The number of aromatic nitrogens is 1. The summed E-state index contributed by atoms with van der Waals surface area (Å²) in [6, 6.07) is 1.35. The van der Waals surface area contributed by atoms with Crippen LogP contribution in [0.5, 0.6) is 0 Å². The van der Waals surface area contributed by atoms with Crippen molar-refractivity contribution >= 4 is 17.6 Å². The van der Waals surface area contributed by atoms with E-state index in [2.05, 4.69) is 15.0 Å². The Labute approximate surface area is 110 Å². The summed E-state index contributed by atoms with van der Waals surface area (Å²) in [6.45, 7) is 0.731. The van der Waals surface area contributed by atoms with E-state index in [9.17, 15) is 27.2 Å². The predicted molar refractivity (Wildman–Crippen MR) is 58.5 cm³/mol. The Bertz CT molecular complexity index is 504. The smallest absolute Gasteiger partial charge is 0.360 e. The number of alkyl halides is 4. The Morgan fingerprint density at radius 1 is 1.50 bits per heavy atom. The molecule has 0 saturated heterocycles. The number of carbonyl (C=O) groups excluding carboxylic acids is 2. The van der Waals surface area contributed by atoms with E-state index in [-0.39, 0.29) is 10.7 Å². The van der Waals surface area contributed by atoms with Crippen molar-refractivity contribution < 1.29 is 31.7 Å². The maximum Gasteiger partial charge on any atom is 0.383 e. The molecule has 1 rings (SSSR count). The molecule has 0 aliphatic carbocycles. The number of hydrogen-bond acceptors (Lipinski definition) is 4. The first-order valence-corrected chi connectivity index (χ1v) is 5.29. The molecular weight excluding hydrogens is 286 g/mol. The average Bonchev–Trinajstić information content (AvgIpc) is 2.72. The fraction of sp³-hybridized carbons (Fsp3) is 0.500. The van der Waals surface area contributed by atoms with Crippen molar-refractivity contribution in [2.75, 3.05) is 18.9 Å². The molecule has 1 aromatic rings. The maximum atomic E-state index is 12.8. The molecule has 0 saturated carbocycles. The van der Waals surface area contributed by atoms with E-state index < -0.39 is 30.7 Å². The number of nitrogens with zero attached hydrogens (tertiary/aromatic N) is 2. The summed E-state index contributed by atoms with van der Waals surface area (Å²) in [7, 11) is 0.812. The Morgan fingerprint density at radius 2 is 2.10 bits per heavy atom. The number of carbonyl (C=O) groups is 2. The van der Waals surface area contributed by atoms with Gasteiger partial charge in [-0.3, -0.25) is 9.59 Å². The third kappa shape index (κ3) is 3.68. The highest BCUT2D eigenvalue weighted by Gasteiger charge is 2.50. The highest BCUT2D eigenvalue weighted by molar-refractivity contribution is 5.94. The fourth-order valence-electron chi connectivity index (χ4n) is 1.24. The molecule has 0 fully saturated rings. The molecule has 1 aromatic heterocycles. The second-order valence-corrected chi connectivity index (χ2v) is 3.96. The Morgan fingerprint density at radius 3 is 2.55 bits per heavy atom. The van der Waals surface area contributed by atoms with Gasteiger partial charge in [-0.25, -0.2) is 8.78 Å². The SMILES string of the molecule is Cc1cc(NC(=O)CN(C)C(=O)C(F)(F)C(F)F)no1. The van der Waals surface area contributed by atoms with Crippen LogP contribution in [0.15, 0.2) is 10.6 Å². The highest BCUT2D eigenvalue weighted by atomic mass is 19.3. The van der Waals surface area contributed by atoms with Crippen LogP contribution in [0, 0.1) is 6.92 Å². The second-order valence-electron chi connectivity index (χ2n) is 3.96. The van der Waals surface area contributed by atoms with Gasteiger partial charge in [-0.1, -0.05) is 5.16 Å². The molecule has 0 unspecified atom stereocenters. The van der Waals surface area contributed by atoms with Gasteiger partial charge in [-0.05, 0) is 6.92 Å².